The normalized spacial score (nSPS) is 12.3. The number of carbonyl (C=O) groups excluding carboxylic acids is 1. The predicted molar refractivity (Wildman–Crippen MR) is 118 cm³/mol. The standard InChI is InChI=1S/C20H22N4O4S2/c1-13-5-7-15(8-6-13)19-22-23-20(29-19)21-18(25)14(2)24(30(4,26)27)16-9-11-17(28-3)12-10-16/h5-12,14H,1-4H3,(H,21,23,25)/t14-/m0/s1. The molecule has 0 unspecified atom stereocenters. The van der Waals surface area contributed by atoms with Crippen LogP contribution < -0.4 is 14.4 Å². The van der Waals surface area contributed by atoms with Crippen molar-refractivity contribution in [3.8, 4) is 16.3 Å². The number of carbonyl (C=O) groups is 1. The Morgan fingerprint density at radius 3 is 2.30 bits per heavy atom. The molecule has 1 amide bonds. The summed E-state index contributed by atoms with van der Waals surface area (Å²) in [7, 11) is -2.20. The van der Waals surface area contributed by atoms with E-state index in [2.05, 4.69) is 15.5 Å². The van der Waals surface area contributed by atoms with E-state index in [0.717, 1.165) is 21.7 Å². The van der Waals surface area contributed by atoms with E-state index in [-0.39, 0.29) is 0 Å². The van der Waals surface area contributed by atoms with Gasteiger partial charge in [0.25, 0.3) is 0 Å². The minimum absolute atomic E-state index is 0.297. The maximum absolute atomic E-state index is 12.8. The zero-order chi connectivity index (χ0) is 21.9. The van der Waals surface area contributed by atoms with Gasteiger partial charge in [-0.15, -0.1) is 10.2 Å². The van der Waals surface area contributed by atoms with Gasteiger partial charge in [-0.2, -0.15) is 0 Å². The first-order chi connectivity index (χ1) is 14.2. The molecular formula is C20H22N4O4S2. The van der Waals surface area contributed by atoms with Crippen LogP contribution in [-0.4, -0.2) is 43.9 Å². The number of hydrogen-bond donors (Lipinski definition) is 1. The molecule has 0 bridgehead atoms. The molecule has 3 aromatic rings. The van der Waals surface area contributed by atoms with Crippen molar-refractivity contribution in [2.45, 2.75) is 19.9 Å². The third kappa shape index (κ3) is 4.95. The van der Waals surface area contributed by atoms with Gasteiger partial charge < -0.3 is 4.74 Å². The molecule has 158 valence electrons. The number of anilines is 2. The van der Waals surface area contributed by atoms with Crippen LogP contribution in [0.15, 0.2) is 48.5 Å². The molecule has 8 nitrogen and oxygen atoms in total. The van der Waals surface area contributed by atoms with Gasteiger partial charge in [-0.1, -0.05) is 41.2 Å². The third-order valence-electron chi connectivity index (χ3n) is 4.37. The fraction of sp³-hybridized carbons (Fsp3) is 0.250. The number of sulfonamides is 1. The first-order valence-electron chi connectivity index (χ1n) is 9.04. The zero-order valence-corrected chi connectivity index (χ0v) is 18.6. The van der Waals surface area contributed by atoms with Crippen LogP contribution in [0.2, 0.25) is 0 Å². The molecule has 3 rings (SSSR count). The summed E-state index contributed by atoms with van der Waals surface area (Å²) in [6, 6.07) is 13.2. The monoisotopic (exact) mass is 446 g/mol. The van der Waals surface area contributed by atoms with Crippen molar-refractivity contribution in [2.24, 2.45) is 0 Å². The van der Waals surface area contributed by atoms with Gasteiger partial charge in [0.15, 0.2) is 0 Å². The minimum atomic E-state index is -3.72. The molecule has 0 aliphatic carbocycles. The van der Waals surface area contributed by atoms with E-state index < -0.39 is 22.0 Å². The van der Waals surface area contributed by atoms with E-state index in [4.69, 9.17) is 4.74 Å². The molecule has 0 fully saturated rings. The Morgan fingerprint density at radius 1 is 1.10 bits per heavy atom. The lowest BCUT2D eigenvalue weighted by atomic mass is 10.2. The molecule has 0 saturated heterocycles. The topological polar surface area (TPSA) is 101 Å². The van der Waals surface area contributed by atoms with Crippen LogP contribution >= 0.6 is 11.3 Å². The number of ether oxygens (including phenoxy) is 1. The summed E-state index contributed by atoms with van der Waals surface area (Å²) < 4.78 is 30.9. The van der Waals surface area contributed by atoms with Crippen molar-refractivity contribution >= 4 is 38.1 Å². The molecule has 1 atom stereocenters. The summed E-state index contributed by atoms with van der Waals surface area (Å²) in [4.78, 5) is 12.8. The number of nitrogens with zero attached hydrogens (tertiary/aromatic N) is 3. The van der Waals surface area contributed by atoms with Gasteiger partial charge in [0.05, 0.1) is 19.1 Å². The van der Waals surface area contributed by atoms with Crippen molar-refractivity contribution in [2.75, 3.05) is 23.0 Å². The summed E-state index contributed by atoms with van der Waals surface area (Å²) in [5.41, 5.74) is 2.38. The average molecular weight is 447 g/mol. The number of amides is 1. The molecule has 1 aromatic heterocycles. The van der Waals surface area contributed by atoms with Crippen LogP contribution in [0, 0.1) is 6.92 Å². The Morgan fingerprint density at radius 2 is 1.73 bits per heavy atom. The largest absolute Gasteiger partial charge is 0.497 e. The van der Waals surface area contributed by atoms with Crippen LogP contribution in [0.3, 0.4) is 0 Å². The molecule has 30 heavy (non-hydrogen) atoms. The number of aryl methyl sites for hydroxylation is 1. The smallest absolute Gasteiger partial charge is 0.249 e. The van der Waals surface area contributed by atoms with Gasteiger partial charge in [-0.05, 0) is 38.1 Å². The molecule has 0 aliphatic rings. The number of nitrogens with one attached hydrogen (secondary N) is 1. The molecule has 10 heteroatoms. The maximum Gasteiger partial charge on any atom is 0.249 e. The van der Waals surface area contributed by atoms with Crippen LogP contribution in [0.1, 0.15) is 12.5 Å². The highest BCUT2D eigenvalue weighted by Gasteiger charge is 2.29. The van der Waals surface area contributed by atoms with E-state index in [1.165, 1.54) is 25.4 Å². The van der Waals surface area contributed by atoms with E-state index in [1.54, 1.807) is 24.3 Å². The predicted octanol–water partition coefficient (Wildman–Crippen LogP) is 3.32. The second-order valence-corrected chi connectivity index (χ2v) is 9.54. The van der Waals surface area contributed by atoms with Gasteiger partial charge in [0.2, 0.25) is 21.1 Å². The van der Waals surface area contributed by atoms with Gasteiger partial charge in [-0.25, -0.2) is 8.42 Å². The van der Waals surface area contributed by atoms with E-state index in [9.17, 15) is 13.2 Å². The second kappa shape index (κ2) is 8.80. The van der Waals surface area contributed by atoms with Crippen LogP contribution in [0.5, 0.6) is 5.75 Å². The molecule has 1 heterocycles. The molecule has 2 aromatic carbocycles. The number of benzene rings is 2. The lowest BCUT2D eigenvalue weighted by Crippen LogP contribution is -2.45. The quantitative estimate of drug-likeness (QED) is 0.597. The van der Waals surface area contributed by atoms with Gasteiger partial charge in [0, 0.05) is 5.56 Å². The van der Waals surface area contributed by atoms with Crippen molar-refractivity contribution in [1.82, 2.24) is 10.2 Å². The van der Waals surface area contributed by atoms with Crippen LogP contribution in [-0.2, 0) is 14.8 Å². The average Bonchev–Trinajstić information content (AvgIpc) is 3.16. The van der Waals surface area contributed by atoms with Crippen LogP contribution in [0.25, 0.3) is 10.6 Å². The Balaban J connectivity index is 1.79. The van der Waals surface area contributed by atoms with E-state index in [0.29, 0.717) is 21.6 Å². The maximum atomic E-state index is 12.8. The number of aromatic nitrogens is 2. The van der Waals surface area contributed by atoms with Crippen molar-refractivity contribution in [3.05, 3.63) is 54.1 Å². The molecule has 1 N–H and O–H groups in total. The summed E-state index contributed by atoms with van der Waals surface area (Å²) in [6.07, 6.45) is 1.06. The summed E-state index contributed by atoms with van der Waals surface area (Å²) in [5.74, 6) is 0.0737. The minimum Gasteiger partial charge on any atom is -0.497 e. The highest BCUT2D eigenvalue weighted by atomic mass is 32.2. The van der Waals surface area contributed by atoms with E-state index >= 15 is 0 Å². The Kier molecular flexibility index (Phi) is 6.37. The summed E-state index contributed by atoms with van der Waals surface area (Å²) in [5, 5.41) is 11.7. The van der Waals surface area contributed by atoms with Crippen molar-refractivity contribution < 1.29 is 17.9 Å². The number of rotatable bonds is 7. The van der Waals surface area contributed by atoms with E-state index in [1.807, 2.05) is 31.2 Å². The molecule has 0 saturated carbocycles. The highest BCUT2D eigenvalue weighted by Crippen LogP contribution is 2.28. The van der Waals surface area contributed by atoms with Gasteiger partial charge in [-0.3, -0.25) is 14.4 Å². The Hall–Kier alpha value is -2.98. The number of methoxy groups -OCH3 is 1. The van der Waals surface area contributed by atoms with Crippen molar-refractivity contribution in [3.63, 3.8) is 0 Å². The summed E-state index contributed by atoms with van der Waals surface area (Å²) >= 11 is 1.22. The van der Waals surface area contributed by atoms with Gasteiger partial charge in [0.1, 0.15) is 16.8 Å². The molecule has 0 aliphatic heterocycles. The molecule has 0 spiro atoms. The lowest BCUT2D eigenvalue weighted by Gasteiger charge is -2.28. The molecule has 0 radical (unpaired) electrons. The fourth-order valence-electron chi connectivity index (χ4n) is 2.83. The molecular weight excluding hydrogens is 424 g/mol. The highest BCUT2D eigenvalue weighted by molar-refractivity contribution is 7.92. The first kappa shape index (κ1) is 21.7. The Bertz CT molecular complexity index is 1130. The van der Waals surface area contributed by atoms with Gasteiger partial charge >= 0.3 is 0 Å². The Labute approximate surface area is 179 Å². The number of hydrogen-bond acceptors (Lipinski definition) is 7. The third-order valence-corrected chi connectivity index (χ3v) is 6.50. The fourth-order valence-corrected chi connectivity index (χ4v) is 4.76. The van der Waals surface area contributed by atoms with Crippen molar-refractivity contribution in [1.29, 1.82) is 0 Å². The first-order valence-corrected chi connectivity index (χ1v) is 11.7. The van der Waals surface area contributed by atoms with Crippen LogP contribution in [0.4, 0.5) is 10.8 Å². The SMILES string of the molecule is COc1ccc(N([C@@H](C)C(=O)Nc2nnc(-c3ccc(C)cc3)s2)S(C)(=O)=O)cc1. The zero-order valence-electron chi connectivity index (χ0n) is 17.0. The summed E-state index contributed by atoms with van der Waals surface area (Å²) in [6.45, 7) is 3.51. The lowest BCUT2D eigenvalue weighted by molar-refractivity contribution is -0.116. The second-order valence-electron chi connectivity index (χ2n) is 6.70.